The first kappa shape index (κ1) is 22.0. The number of ether oxygens (including phenoxy) is 2. The standard InChI is InChI=1S/C28H34O2/c1-5-9-13-17-29-27-23-15-11-12-16-24(23)28(30-18-14-10-6-2)26-20-22(8-4)21(7-3)19-25(26)27/h9-16,19-20H,5-8,17-18H2,1-4H3/b13-9+,14-10+. The Morgan fingerprint density at radius 1 is 0.600 bits per heavy atom. The van der Waals surface area contributed by atoms with E-state index in [9.17, 15) is 0 Å². The maximum Gasteiger partial charge on any atom is 0.135 e. The molecule has 30 heavy (non-hydrogen) atoms. The van der Waals surface area contributed by atoms with Gasteiger partial charge in [0.2, 0.25) is 0 Å². The predicted octanol–water partition coefficient (Wildman–Crippen LogP) is 7.81. The lowest BCUT2D eigenvalue weighted by molar-refractivity contribution is 0.365. The SMILES string of the molecule is CC/C=C/COc1c2ccccc2c(OC/C=C/CC)c2cc(CC)c(CC)cc12. The Kier molecular flexibility index (Phi) is 7.96. The van der Waals surface area contributed by atoms with Crippen LogP contribution in [0.4, 0.5) is 0 Å². The van der Waals surface area contributed by atoms with Crippen molar-refractivity contribution in [2.45, 2.75) is 53.4 Å². The van der Waals surface area contributed by atoms with Crippen LogP contribution in [0.3, 0.4) is 0 Å². The lowest BCUT2D eigenvalue weighted by Gasteiger charge is -2.19. The van der Waals surface area contributed by atoms with Crippen molar-refractivity contribution in [3.8, 4) is 11.5 Å². The third kappa shape index (κ3) is 4.70. The van der Waals surface area contributed by atoms with E-state index in [0.29, 0.717) is 13.2 Å². The van der Waals surface area contributed by atoms with Gasteiger partial charge in [0.1, 0.15) is 24.7 Å². The van der Waals surface area contributed by atoms with Gasteiger partial charge in [-0.15, -0.1) is 0 Å². The zero-order valence-corrected chi connectivity index (χ0v) is 18.8. The molecular formula is C28H34O2. The maximum atomic E-state index is 6.35. The molecule has 158 valence electrons. The molecule has 0 amide bonds. The molecule has 0 bridgehead atoms. The van der Waals surface area contributed by atoms with Gasteiger partial charge in [0.05, 0.1) is 0 Å². The molecule has 0 heterocycles. The van der Waals surface area contributed by atoms with E-state index >= 15 is 0 Å². The van der Waals surface area contributed by atoms with Crippen molar-refractivity contribution in [2.24, 2.45) is 0 Å². The number of benzene rings is 3. The molecule has 2 nitrogen and oxygen atoms in total. The van der Waals surface area contributed by atoms with Crippen LogP contribution >= 0.6 is 0 Å². The minimum atomic E-state index is 0.573. The number of rotatable bonds is 10. The number of fused-ring (bicyclic) bond motifs is 2. The number of hydrogen-bond donors (Lipinski definition) is 0. The van der Waals surface area contributed by atoms with Crippen molar-refractivity contribution in [2.75, 3.05) is 13.2 Å². The molecule has 0 radical (unpaired) electrons. The van der Waals surface area contributed by atoms with Crippen LogP contribution < -0.4 is 9.47 Å². The second kappa shape index (κ2) is 10.9. The van der Waals surface area contributed by atoms with E-state index in [1.165, 1.54) is 11.1 Å². The average molecular weight is 403 g/mol. The Morgan fingerprint density at radius 2 is 1.03 bits per heavy atom. The van der Waals surface area contributed by atoms with Gasteiger partial charge in [-0.2, -0.15) is 0 Å². The van der Waals surface area contributed by atoms with Crippen molar-refractivity contribution in [3.63, 3.8) is 0 Å². The van der Waals surface area contributed by atoms with Gasteiger partial charge in [0.15, 0.2) is 0 Å². The van der Waals surface area contributed by atoms with E-state index in [4.69, 9.17) is 9.47 Å². The van der Waals surface area contributed by atoms with Crippen LogP contribution in [-0.4, -0.2) is 13.2 Å². The van der Waals surface area contributed by atoms with Crippen LogP contribution in [0.25, 0.3) is 21.5 Å². The van der Waals surface area contributed by atoms with Crippen molar-refractivity contribution in [3.05, 3.63) is 71.8 Å². The van der Waals surface area contributed by atoms with Crippen LogP contribution in [0, 0.1) is 0 Å². The number of allylic oxidation sites excluding steroid dienone is 2. The molecule has 0 N–H and O–H groups in total. The summed E-state index contributed by atoms with van der Waals surface area (Å²) in [5, 5.41) is 4.50. The quantitative estimate of drug-likeness (QED) is 0.254. The van der Waals surface area contributed by atoms with Gasteiger partial charge in [-0.1, -0.05) is 76.3 Å². The van der Waals surface area contributed by atoms with Crippen molar-refractivity contribution in [1.29, 1.82) is 0 Å². The second-order valence-electron chi connectivity index (χ2n) is 7.46. The normalized spacial score (nSPS) is 11.9. The fourth-order valence-corrected chi connectivity index (χ4v) is 3.94. The van der Waals surface area contributed by atoms with Gasteiger partial charge >= 0.3 is 0 Å². The summed E-state index contributed by atoms with van der Waals surface area (Å²) in [6, 6.07) is 13.1. The summed E-state index contributed by atoms with van der Waals surface area (Å²) < 4.78 is 12.7. The average Bonchev–Trinajstić information content (AvgIpc) is 2.79. The first-order chi connectivity index (χ1) is 14.7. The Bertz CT molecular complexity index is 960. The minimum Gasteiger partial charge on any atom is -0.488 e. The largest absolute Gasteiger partial charge is 0.488 e. The maximum absolute atomic E-state index is 6.35. The molecule has 0 spiro atoms. The first-order valence-corrected chi connectivity index (χ1v) is 11.3. The molecule has 2 heteroatoms. The molecule has 0 aromatic heterocycles. The summed E-state index contributed by atoms with van der Waals surface area (Å²) >= 11 is 0. The van der Waals surface area contributed by atoms with E-state index < -0.39 is 0 Å². The fraction of sp³-hybridized carbons (Fsp3) is 0.357. The smallest absolute Gasteiger partial charge is 0.135 e. The highest BCUT2D eigenvalue weighted by Crippen LogP contribution is 2.44. The first-order valence-electron chi connectivity index (χ1n) is 11.3. The third-order valence-electron chi connectivity index (χ3n) is 5.46. The van der Waals surface area contributed by atoms with Gasteiger partial charge in [0.25, 0.3) is 0 Å². The Labute approximate surface area is 181 Å². The second-order valence-corrected chi connectivity index (χ2v) is 7.46. The molecule has 0 aliphatic carbocycles. The summed E-state index contributed by atoms with van der Waals surface area (Å²) in [6.07, 6.45) is 12.5. The Hall–Kier alpha value is -2.74. The topological polar surface area (TPSA) is 18.5 Å². The van der Waals surface area contributed by atoms with Crippen LogP contribution in [0.1, 0.15) is 51.7 Å². The monoisotopic (exact) mass is 402 g/mol. The number of aryl methyl sites for hydroxylation is 2. The highest BCUT2D eigenvalue weighted by atomic mass is 16.5. The van der Waals surface area contributed by atoms with Crippen molar-refractivity contribution in [1.82, 2.24) is 0 Å². The molecular weight excluding hydrogens is 368 g/mol. The summed E-state index contributed by atoms with van der Waals surface area (Å²) in [5.74, 6) is 1.91. The van der Waals surface area contributed by atoms with E-state index in [-0.39, 0.29) is 0 Å². The zero-order valence-electron chi connectivity index (χ0n) is 18.8. The third-order valence-corrected chi connectivity index (χ3v) is 5.46. The van der Waals surface area contributed by atoms with Crippen molar-refractivity contribution >= 4 is 21.5 Å². The van der Waals surface area contributed by atoms with Crippen LogP contribution in [-0.2, 0) is 12.8 Å². The minimum absolute atomic E-state index is 0.573. The van der Waals surface area contributed by atoms with Gasteiger partial charge < -0.3 is 9.47 Å². The molecule has 0 unspecified atom stereocenters. The molecule has 0 atom stereocenters. The fourth-order valence-electron chi connectivity index (χ4n) is 3.94. The van der Waals surface area contributed by atoms with Gasteiger partial charge in [0, 0.05) is 21.5 Å². The summed E-state index contributed by atoms with van der Waals surface area (Å²) in [4.78, 5) is 0. The molecule has 3 aromatic carbocycles. The molecule has 0 fully saturated rings. The van der Waals surface area contributed by atoms with Gasteiger partial charge in [-0.05, 0) is 48.9 Å². The molecule has 0 saturated carbocycles. The summed E-state index contributed by atoms with van der Waals surface area (Å²) in [5.41, 5.74) is 2.76. The van der Waals surface area contributed by atoms with E-state index in [1.54, 1.807) is 0 Å². The van der Waals surface area contributed by atoms with E-state index in [2.05, 4.69) is 88.4 Å². The molecule has 3 aromatic rings. The van der Waals surface area contributed by atoms with Crippen LogP contribution in [0.5, 0.6) is 11.5 Å². The van der Waals surface area contributed by atoms with E-state index in [0.717, 1.165) is 58.7 Å². The van der Waals surface area contributed by atoms with Gasteiger partial charge in [-0.25, -0.2) is 0 Å². The lowest BCUT2D eigenvalue weighted by atomic mass is 9.93. The zero-order chi connectivity index (χ0) is 21.3. The van der Waals surface area contributed by atoms with Crippen LogP contribution in [0.2, 0.25) is 0 Å². The summed E-state index contributed by atoms with van der Waals surface area (Å²) in [6.45, 7) is 9.87. The number of hydrogen-bond acceptors (Lipinski definition) is 2. The highest BCUT2D eigenvalue weighted by molar-refractivity contribution is 6.11. The van der Waals surface area contributed by atoms with Crippen LogP contribution in [0.15, 0.2) is 60.7 Å². The molecule has 0 aliphatic rings. The molecule has 3 rings (SSSR count). The lowest BCUT2D eigenvalue weighted by Crippen LogP contribution is -2.01. The molecule has 0 saturated heterocycles. The Morgan fingerprint density at radius 3 is 1.40 bits per heavy atom. The van der Waals surface area contributed by atoms with Gasteiger partial charge in [-0.3, -0.25) is 0 Å². The predicted molar refractivity (Wildman–Crippen MR) is 130 cm³/mol. The summed E-state index contributed by atoms with van der Waals surface area (Å²) in [7, 11) is 0. The Balaban J connectivity index is 2.26. The highest BCUT2D eigenvalue weighted by Gasteiger charge is 2.17. The molecule has 0 aliphatic heterocycles. The van der Waals surface area contributed by atoms with Crippen molar-refractivity contribution < 1.29 is 9.47 Å². The van der Waals surface area contributed by atoms with E-state index in [1.807, 2.05) is 0 Å².